The molecule has 0 aliphatic rings. The van der Waals surface area contributed by atoms with Crippen molar-refractivity contribution in [2.24, 2.45) is 0 Å². The third-order valence-electron chi connectivity index (χ3n) is 4.09. The Balaban J connectivity index is 1.53. The lowest BCUT2D eigenvalue weighted by molar-refractivity contribution is -0.119. The zero-order valence-corrected chi connectivity index (χ0v) is 17.2. The first-order chi connectivity index (χ1) is 14.5. The fraction of sp³-hybridized carbons (Fsp3) is 0.136. The van der Waals surface area contributed by atoms with Crippen molar-refractivity contribution in [1.82, 2.24) is 0 Å². The van der Waals surface area contributed by atoms with Crippen LogP contribution in [0.1, 0.15) is 25.6 Å². The van der Waals surface area contributed by atoms with Crippen molar-refractivity contribution < 1.29 is 23.9 Å². The highest BCUT2D eigenvalue weighted by Crippen LogP contribution is 2.25. The number of thiophene rings is 1. The summed E-state index contributed by atoms with van der Waals surface area (Å²) in [7, 11) is 1.51. The second-order valence-corrected chi connectivity index (χ2v) is 7.28. The van der Waals surface area contributed by atoms with Crippen LogP contribution in [0.2, 0.25) is 0 Å². The zero-order chi connectivity index (χ0) is 21.5. The van der Waals surface area contributed by atoms with Crippen LogP contribution in [-0.2, 0) is 9.53 Å². The van der Waals surface area contributed by atoms with Crippen molar-refractivity contribution in [3.63, 3.8) is 0 Å². The van der Waals surface area contributed by atoms with Crippen LogP contribution in [0, 0.1) is 6.92 Å². The van der Waals surface area contributed by atoms with Gasteiger partial charge in [0.15, 0.2) is 6.61 Å². The van der Waals surface area contributed by atoms with E-state index in [1.165, 1.54) is 30.6 Å². The monoisotopic (exact) mass is 424 g/mol. The molecule has 154 valence electrons. The van der Waals surface area contributed by atoms with Gasteiger partial charge in [-0.3, -0.25) is 9.59 Å². The Morgan fingerprint density at radius 2 is 1.77 bits per heavy atom. The Labute approximate surface area is 177 Å². The molecule has 30 heavy (non-hydrogen) atoms. The van der Waals surface area contributed by atoms with Gasteiger partial charge >= 0.3 is 5.97 Å². The Bertz CT molecular complexity index is 1050. The fourth-order valence-electron chi connectivity index (χ4n) is 2.61. The molecule has 1 aromatic heterocycles. The van der Waals surface area contributed by atoms with E-state index in [1.807, 2.05) is 18.4 Å². The van der Waals surface area contributed by atoms with Crippen LogP contribution in [-0.4, -0.2) is 31.5 Å². The molecule has 1 heterocycles. The summed E-state index contributed by atoms with van der Waals surface area (Å²) in [5, 5.41) is 7.23. The van der Waals surface area contributed by atoms with E-state index in [9.17, 15) is 14.4 Å². The molecule has 0 saturated heterocycles. The van der Waals surface area contributed by atoms with Crippen LogP contribution in [0.25, 0.3) is 0 Å². The molecule has 0 radical (unpaired) electrons. The van der Waals surface area contributed by atoms with E-state index < -0.39 is 18.5 Å². The van der Waals surface area contributed by atoms with Crippen molar-refractivity contribution in [3.05, 3.63) is 76.0 Å². The van der Waals surface area contributed by atoms with Gasteiger partial charge in [0, 0.05) is 5.69 Å². The van der Waals surface area contributed by atoms with Gasteiger partial charge in [0.05, 0.1) is 23.2 Å². The molecular weight excluding hydrogens is 404 g/mol. The number of carbonyl (C=O) groups excluding carboxylic acids is 3. The highest BCUT2D eigenvalue weighted by atomic mass is 32.1. The molecule has 0 atom stereocenters. The van der Waals surface area contributed by atoms with Gasteiger partial charge in [-0.25, -0.2) is 4.79 Å². The first-order valence-corrected chi connectivity index (χ1v) is 9.91. The summed E-state index contributed by atoms with van der Waals surface area (Å²) in [6.07, 6.45) is 0. The molecule has 7 nitrogen and oxygen atoms in total. The van der Waals surface area contributed by atoms with Gasteiger partial charge in [-0.05, 0) is 60.3 Å². The molecule has 0 aliphatic heterocycles. The van der Waals surface area contributed by atoms with E-state index in [4.69, 9.17) is 9.47 Å². The average Bonchev–Trinajstić information content (AvgIpc) is 3.28. The average molecular weight is 424 g/mol. The fourth-order valence-corrected chi connectivity index (χ4v) is 3.23. The molecule has 0 aliphatic carbocycles. The zero-order valence-electron chi connectivity index (χ0n) is 16.4. The van der Waals surface area contributed by atoms with Gasteiger partial charge in [-0.15, -0.1) is 11.3 Å². The predicted octanol–water partition coefficient (Wildman–Crippen LogP) is 4.11. The van der Waals surface area contributed by atoms with E-state index in [0.717, 1.165) is 5.56 Å². The van der Waals surface area contributed by atoms with Crippen molar-refractivity contribution in [3.8, 4) is 5.75 Å². The third kappa shape index (κ3) is 5.45. The van der Waals surface area contributed by atoms with E-state index in [-0.39, 0.29) is 11.5 Å². The molecule has 2 aromatic carbocycles. The topological polar surface area (TPSA) is 93.7 Å². The van der Waals surface area contributed by atoms with Crippen LogP contribution >= 0.6 is 11.3 Å². The first kappa shape index (κ1) is 21.1. The summed E-state index contributed by atoms with van der Waals surface area (Å²) < 4.78 is 10.3. The van der Waals surface area contributed by atoms with Crippen LogP contribution in [0.3, 0.4) is 0 Å². The standard InChI is InChI=1S/C22H20N2O5S/c1-14-5-10-18(28-2)17(12-14)24-20(25)13-29-22(27)15-6-8-16(9-7-15)23-21(26)19-4-3-11-30-19/h3-12H,13H2,1-2H3,(H,23,26)(H,24,25). The van der Waals surface area contributed by atoms with Gasteiger partial charge in [0.25, 0.3) is 11.8 Å². The summed E-state index contributed by atoms with van der Waals surface area (Å²) in [4.78, 5) is 36.9. The predicted molar refractivity (Wildman–Crippen MR) is 115 cm³/mol. The number of benzene rings is 2. The van der Waals surface area contributed by atoms with E-state index in [2.05, 4.69) is 10.6 Å². The highest BCUT2D eigenvalue weighted by molar-refractivity contribution is 7.12. The van der Waals surface area contributed by atoms with Gasteiger partial charge < -0.3 is 20.1 Å². The van der Waals surface area contributed by atoms with Crippen molar-refractivity contribution >= 4 is 40.5 Å². The molecule has 3 rings (SSSR count). The largest absolute Gasteiger partial charge is 0.495 e. The number of hydrogen-bond acceptors (Lipinski definition) is 6. The summed E-state index contributed by atoms with van der Waals surface area (Å²) in [5.41, 5.74) is 2.28. The van der Waals surface area contributed by atoms with E-state index in [0.29, 0.717) is 22.0 Å². The number of nitrogens with one attached hydrogen (secondary N) is 2. The van der Waals surface area contributed by atoms with Crippen molar-refractivity contribution in [1.29, 1.82) is 0 Å². The lowest BCUT2D eigenvalue weighted by atomic mass is 10.2. The molecule has 2 N–H and O–H groups in total. The molecule has 0 spiro atoms. The second-order valence-electron chi connectivity index (χ2n) is 6.34. The van der Waals surface area contributed by atoms with Gasteiger partial charge in [0.2, 0.25) is 0 Å². The lowest BCUT2D eigenvalue weighted by Gasteiger charge is -2.11. The van der Waals surface area contributed by atoms with Gasteiger partial charge in [-0.1, -0.05) is 12.1 Å². The minimum absolute atomic E-state index is 0.219. The number of amides is 2. The Hall–Kier alpha value is -3.65. The van der Waals surface area contributed by atoms with Crippen LogP contribution in [0.15, 0.2) is 60.0 Å². The molecule has 2 amide bonds. The van der Waals surface area contributed by atoms with Crippen LogP contribution < -0.4 is 15.4 Å². The minimum Gasteiger partial charge on any atom is -0.495 e. The summed E-state index contributed by atoms with van der Waals surface area (Å²) in [6.45, 7) is 1.45. The van der Waals surface area contributed by atoms with Crippen LogP contribution in [0.5, 0.6) is 5.75 Å². The maximum atomic E-state index is 12.2. The SMILES string of the molecule is COc1ccc(C)cc1NC(=O)COC(=O)c1ccc(NC(=O)c2cccs2)cc1. The second kappa shape index (κ2) is 9.71. The number of carbonyl (C=O) groups is 3. The first-order valence-electron chi connectivity index (χ1n) is 9.03. The smallest absolute Gasteiger partial charge is 0.338 e. The van der Waals surface area contributed by atoms with Crippen LogP contribution in [0.4, 0.5) is 11.4 Å². The summed E-state index contributed by atoms with van der Waals surface area (Å²) in [5.74, 6) is -0.825. The molecule has 0 fully saturated rings. The summed E-state index contributed by atoms with van der Waals surface area (Å²) >= 11 is 1.34. The quantitative estimate of drug-likeness (QED) is 0.557. The number of anilines is 2. The molecular formula is C22H20N2O5S. The molecule has 3 aromatic rings. The highest BCUT2D eigenvalue weighted by Gasteiger charge is 2.13. The van der Waals surface area contributed by atoms with E-state index >= 15 is 0 Å². The number of ether oxygens (including phenoxy) is 2. The number of hydrogen-bond donors (Lipinski definition) is 2. The van der Waals surface area contributed by atoms with Crippen molar-refractivity contribution in [2.75, 3.05) is 24.4 Å². The number of methoxy groups -OCH3 is 1. The maximum Gasteiger partial charge on any atom is 0.338 e. The van der Waals surface area contributed by atoms with E-state index in [1.54, 1.807) is 36.4 Å². The van der Waals surface area contributed by atoms with Gasteiger partial charge in [0.1, 0.15) is 5.75 Å². The lowest BCUT2D eigenvalue weighted by Crippen LogP contribution is -2.21. The number of rotatable bonds is 7. The van der Waals surface area contributed by atoms with Gasteiger partial charge in [-0.2, -0.15) is 0 Å². The Kier molecular flexibility index (Phi) is 6.82. The number of aryl methyl sites for hydroxylation is 1. The van der Waals surface area contributed by atoms with Crippen molar-refractivity contribution in [2.45, 2.75) is 6.92 Å². The summed E-state index contributed by atoms with van der Waals surface area (Å²) in [6, 6.07) is 15.1. The molecule has 0 bridgehead atoms. The normalized spacial score (nSPS) is 10.2. The number of esters is 1. The Morgan fingerprint density at radius 3 is 2.43 bits per heavy atom. The molecule has 8 heteroatoms. The maximum absolute atomic E-state index is 12.2. The third-order valence-corrected chi connectivity index (χ3v) is 4.96. The minimum atomic E-state index is -0.641. The molecule has 0 unspecified atom stereocenters. The molecule has 0 saturated carbocycles. The Morgan fingerprint density at radius 1 is 1.00 bits per heavy atom.